The molecule has 29 heavy (non-hydrogen) atoms. The Kier molecular flexibility index (Phi) is 6.13. The Bertz CT molecular complexity index is 822. The third kappa shape index (κ3) is 4.61. The van der Waals surface area contributed by atoms with Gasteiger partial charge in [0, 0.05) is 50.2 Å². The van der Waals surface area contributed by atoms with Gasteiger partial charge in [-0.05, 0) is 56.9 Å². The first-order valence-electron chi connectivity index (χ1n) is 10.4. The van der Waals surface area contributed by atoms with E-state index < -0.39 is 0 Å². The zero-order chi connectivity index (χ0) is 20.2. The van der Waals surface area contributed by atoms with Crippen LogP contribution in [0.3, 0.4) is 0 Å². The predicted octanol–water partition coefficient (Wildman–Crippen LogP) is 3.47. The first-order valence-corrected chi connectivity index (χ1v) is 10.4. The number of aryl methyl sites for hydroxylation is 1. The normalized spacial score (nSPS) is 18.8. The minimum Gasteiger partial charge on any atom is -0.484 e. The van der Waals surface area contributed by atoms with Gasteiger partial charge in [-0.3, -0.25) is 4.79 Å². The Hall–Kier alpha value is -2.41. The molecule has 0 saturated carbocycles. The number of piperidine rings is 1. The van der Waals surface area contributed by atoms with Gasteiger partial charge in [-0.25, -0.2) is 9.37 Å². The Morgan fingerprint density at radius 3 is 2.55 bits per heavy atom. The molecule has 2 aromatic rings. The standard InChI is InChI=1S/C22H28FN3O3/c1-16-14-24-22(17-8-12-28-13-9-17)26(16)19-6-10-25(11-7-19)21(27)15-29-20-4-2-18(23)3-5-20/h2-5,14,17,19H,6-13,15H2,1H3. The number of rotatable bonds is 5. The lowest BCUT2D eigenvalue weighted by molar-refractivity contribution is -0.134. The Balaban J connectivity index is 1.33. The molecule has 0 unspecified atom stereocenters. The summed E-state index contributed by atoms with van der Waals surface area (Å²) in [6.07, 6.45) is 5.84. The van der Waals surface area contributed by atoms with Crippen molar-refractivity contribution in [2.75, 3.05) is 32.9 Å². The number of aromatic nitrogens is 2. The largest absolute Gasteiger partial charge is 0.484 e. The number of halogens is 1. The first-order chi connectivity index (χ1) is 14.1. The molecule has 0 bridgehead atoms. The molecule has 4 rings (SSSR count). The molecule has 3 heterocycles. The predicted molar refractivity (Wildman–Crippen MR) is 107 cm³/mol. The molecule has 1 aromatic carbocycles. The minimum absolute atomic E-state index is 0.0201. The van der Waals surface area contributed by atoms with E-state index in [1.54, 1.807) is 0 Å². The zero-order valence-electron chi connectivity index (χ0n) is 16.8. The molecule has 6 nitrogen and oxygen atoms in total. The topological polar surface area (TPSA) is 56.6 Å². The summed E-state index contributed by atoms with van der Waals surface area (Å²) in [6.45, 7) is 5.12. The number of hydrogen-bond donors (Lipinski definition) is 0. The van der Waals surface area contributed by atoms with Crippen LogP contribution in [0.5, 0.6) is 5.75 Å². The second-order valence-electron chi connectivity index (χ2n) is 7.87. The van der Waals surface area contributed by atoms with Crippen LogP contribution >= 0.6 is 0 Å². The zero-order valence-corrected chi connectivity index (χ0v) is 16.8. The van der Waals surface area contributed by atoms with Gasteiger partial charge in [0.1, 0.15) is 17.4 Å². The number of hydrogen-bond acceptors (Lipinski definition) is 4. The molecule has 0 aliphatic carbocycles. The van der Waals surface area contributed by atoms with Crippen molar-refractivity contribution in [1.82, 2.24) is 14.5 Å². The molecule has 0 atom stereocenters. The molecular formula is C22H28FN3O3. The molecule has 1 aromatic heterocycles. The summed E-state index contributed by atoms with van der Waals surface area (Å²) in [7, 11) is 0. The molecule has 0 N–H and O–H groups in total. The van der Waals surface area contributed by atoms with Gasteiger partial charge in [-0.2, -0.15) is 0 Å². The highest BCUT2D eigenvalue weighted by Crippen LogP contribution is 2.32. The van der Waals surface area contributed by atoms with Crippen LogP contribution in [0.1, 0.15) is 49.2 Å². The maximum absolute atomic E-state index is 13.0. The second-order valence-corrected chi connectivity index (χ2v) is 7.87. The fourth-order valence-corrected chi connectivity index (χ4v) is 4.34. The van der Waals surface area contributed by atoms with Crippen molar-refractivity contribution in [2.24, 2.45) is 0 Å². The number of amides is 1. The van der Waals surface area contributed by atoms with Crippen LogP contribution in [0, 0.1) is 12.7 Å². The van der Waals surface area contributed by atoms with Gasteiger partial charge in [-0.1, -0.05) is 0 Å². The number of ether oxygens (including phenoxy) is 2. The van der Waals surface area contributed by atoms with E-state index in [-0.39, 0.29) is 18.3 Å². The highest BCUT2D eigenvalue weighted by atomic mass is 19.1. The van der Waals surface area contributed by atoms with Gasteiger partial charge in [0.15, 0.2) is 6.61 Å². The molecule has 7 heteroatoms. The quantitative estimate of drug-likeness (QED) is 0.770. The SMILES string of the molecule is Cc1cnc(C2CCOCC2)n1C1CCN(C(=O)COc2ccc(F)cc2)CC1. The molecule has 156 valence electrons. The first kappa shape index (κ1) is 19.9. The van der Waals surface area contributed by atoms with Gasteiger partial charge in [0.05, 0.1) is 0 Å². The van der Waals surface area contributed by atoms with E-state index in [9.17, 15) is 9.18 Å². The Morgan fingerprint density at radius 1 is 1.17 bits per heavy atom. The summed E-state index contributed by atoms with van der Waals surface area (Å²) in [6, 6.07) is 6.10. The summed E-state index contributed by atoms with van der Waals surface area (Å²) in [5.41, 5.74) is 1.19. The fraction of sp³-hybridized carbons (Fsp3) is 0.545. The van der Waals surface area contributed by atoms with Crippen LogP contribution in [0.2, 0.25) is 0 Å². The highest BCUT2D eigenvalue weighted by Gasteiger charge is 2.29. The number of nitrogens with zero attached hydrogens (tertiary/aromatic N) is 3. The minimum atomic E-state index is -0.319. The third-order valence-electron chi connectivity index (χ3n) is 5.96. The van der Waals surface area contributed by atoms with Gasteiger partial charge in [0.25, 0.3) is 5.91 Å². The van der Waals surface area contributed by atoms with Crippen LogP contribution in [0.25, 0.3) is 0 Å². The summed E-state index contributed by atoms with van der Waals surface area (Å²) in [4.78, 5) is 19.1. The van der Waals surface area contributed by atoms with E-state index in [0.29, 0.717) is 30.8 Å². The van der Waals surface area contributed by atoms with Crippen LogP contribution < -0.4 is 4.74 Å². The van der Waals surface area contributed by atoms with Crippen molar-refractivity contribution < 1.29 is 18.7 Å². The lowest BCUT2D eigenvalue weighted by atomic mass is 9.97. The van der Waals surface area contributed by atoms with Crippen LogP contribution in [-0.2, 0) is 9.53 Å². The van der Waals surface area contributed by atoms with Crippen LogP contribution in [-0.4, -0.2) is 53.3 Å². The lowest BCUT2D eigenvalue weighted by Crippen LogP contribution is -2.41. The number of carbonyl (C=O) groups is 1. The van der Waals surface area contributed by atoms with Gasteiger partial charge in [0.2, 0.25) is 0 Å². The van der Waals surface area contributed by atoms with Crippen LogP contribution in [0.15, 0.2) is 30.5 Å². The Labute approximate surface area is 170 Å². The smallest absolute Gasteiger partial charge is 0.260 e. The van der Waals surface area contributed by atoms with E-state index in [1.165, 1.54) is 35.8 Å². The van der Waals surface area contributed by atoms with E-state index in [4.69, 9.17) is 14.5 Å². The molecular weight excluding hydrogens is 373 g/mol. The van der Waals surface area contributed by atoms with Crippen molar-refractivity contribution >= 4 is 5.91 Å². The summed E-state index contributed by atoms with van der Waals surface area (Å²) < 4.78 is 26.4. The maximum Gasteiger partial charge on any atom is 0.260 e. The highest BCUT2D eigenvalue weighted by molar-refractivity contribution is 5.77. The molecule has 0 spiro atoms. The monoisotopic (exact) mass is 401 g/mol. The molecule has 2 fully saturated rings. The van der Waals surface area contributed by atoms with Crippen molar-refractivity contribution in [3.8, 4) is 5.75 Å². The number of likely N-dealkylation sites (tertiary alicyclic amines) is 1. The second kappa shape index (κ2) is 8.95. The molecule has 2 aliphatic rings. The Morgan fingerprint density at radius 2 is 1.86 bits per heavy atom. The van der Waals surface area contributed by atoms with Gasteiger partial charge in [-0.15, -0.1) is 0 Å². The van der Waals surface area contributed by atoms with E-state index in [2.05, 4.69) is 11.5 Å². The summed E-state index contributed by atoms with van der Waals surface area (Å²) in [5, 5.41) is 0. The molecule has 2 aliphatic heterocycles. The fourth-order valence-electron chi connectivity index (χ4n) is 4.34. The van der Waals surface area contributed by atoms with Crippen molar-refractivity contribution in [2.45, 2.75) is 44.6 Å². The third-order valence-corrected chi connectivity index (χ3v) is 5.96. The van der Waals surface area contributed by atoms with E-state index in [1.807, 2.05) is 11.1 Å². The molecule has 2 saturated heterocycles. The van der Waals surface area contributed by atoms with Crippen molar-refractivity contribution in [3.63, 3.8) is 0 Å². The summed E-state index contributed by atoms with van der Waals surface area (Å²) in [5.74, 6) is 1.79. The van der Waals surface area contributed by atoms with Gasteiger partial charge < -0.3 is 18.9 Å². The van der Waals surface area contributed by atoms with E-state index in [0.717, 1.165) is 38.9 Å². The van der Waals surface area contributed by atoms with Crippen molar-refractivity contribution in [3.05, 3.63) is 47.8 Å². The average Bonchev–Trinajstić information content (AvgIpc) is 3.15. The number of carbonyl (C=O) groups excluding carboxylic acids is 1. The maximum atomic E-state index is 13.0. The van der Waals surface area contributed by atoms with Gasteiger partial charge >= 0.3 is 0 Å². The van der Waals surface area contributed by atoms with E-state index >= 15 is 0 Å². The molecule has 1 amide bonds. The lowest BCUT2D eigenvalue weighted by Gasteiger charge is -2.35. The number of benzene rings is 1. The number of imidazole rings is 1. The summed E-state index contributed by atoms with van der Waals surface area (Å²) >= 11 is 0. The average molecular weight is 401 g/mol. The van der Waals surface area contributed by atoms with Crippen molar-refractivity contribution in [1.29, 1.82) is 0 Å². The molecule has 0 radical (unpaired) electrons. The van der Waals surface area contributed by atoms with Crippen LogP contribution in [0.4, 0.5) is 4.39 Å².